The van der Waals surface area contributed by atoms with Crippen LogP contribution in [-0.2, 0) is 16.1 Å². The highest BCUT2D eigenvalue weighted by Crippen LogP contribution is 2.09. The lowest BCUT2D eigenvalue weighted by molar-refractivity contribution is -0.128. The van der Waals surface area contributed by atoms with Crippen molar-refractivity contribution in [3.63, 3.8) is 0 Å². The fourth-order valence-corrected chi connectivity index (χ4v) is 1.85. The van der Waals surface area contributed by atoms with Crippen molar-refractivity contribution in [3.8, 4) is 0 Å². The van der Waals surface area contributed by atoms with E-state index in [1.807, 2.05) is 31.2 Å². The van der Waals surface area contributed by atoms with Gasteiger partial charge in [0.2, 0.25) is 11.8 Å². The minimum atomic E-state index is -0.572. The maximum absolute atomic E-state index is 11.9. The first-order valence-electron chi connectivity index (χ1n) is 6.47. The predicted molar refractivity (Wildman–Crippen MR) is 73.8 cm³/mol. The molecule has 7 nitrogen and oxygen atoms in total. The van der Waals surface area contributed by atoms with Crippen LogP contribution in [0, 0.1) is 0 Å². The summed E-state index contributed by atoms with van der Waals surface area (Å²) >= 11 is 0. The zero-order valence-electron chi connectivity index (χ0n) is 11.5. The number of nitrogens with zero attached hydrogens (tertiary/aromatic N) is 3. The molecule has 2 aromatic rings. The van der Waals surface area contributed by atoms with E-state index in [0.29, 0.717) is 6.54 Å². The van der Waals surface area contributed by atoms with E-state index in [2.05, 4.69) is 20.9 Å². The van der Waals surface area contributed by atoms with E-state index >= 15 is 0 Å². The number of fused-ring (bicyclic) bond motifs is 1. The average Bonchev–Trinajstić information content (AvgIpc) is 2.82. The summed E-state index contributed by atoms with van der Waals surface area (Å²) in [6.45, 7) is 4.04. The summed E-state index contributed by atoms with van der Waals surface area (Å²) < 4.78 is 1.51. The van der Waals surface area contributed by atoms with Crippen LogP contribution in [0.5, 0.6) is 0 Å². The van der Waals surface area contributed by atoms with E-state index in [4.69, 9.17) is 0 Å². The Labute approximate surface area is 116 Å². The fraction of sp³-hybridized carbons (Fsp3) is 0.385. The number of hydrogen-bond donors (Lipinski definition) is 2. The number of aromatic nitrogens is 3. The molecule has 2 N–H and O–H groups in total. The van der Waals surface area contributed by atoms with E-state index in [-0.39, 0.29) is 18.4 Å². The first kappa shape index (κ1) is 14.0. The number of carbonyl (C=O) groups is 2. The van der Waals surface area contributed by atoms with Crippen LogP contribution in [-0.4, -0.2) is 39.4 Å². The van der Waals surface area contributed by atoms with Crippen molar-refractivity contribution in [1.29, 1.82) is 0 Å². The summed E-state index contributed by atoms with van der Waals surface area (Å²) in [6.07, 6.45) is 0. The number of para-hydroxylation sites is 1. The van der Waals surface area contributed by atoms with Crippen LogP contribution >= 0.6 is 0 Å². The number of nitrogens with one attached hydrogen (secondary N) is 2. The average molecular weight is 275 g/mol. The molecule has 7 heteroatoms. The fourth-order valence-electron chi connectivity index (χ4n) is 1.85. The Kier molecular flexibility index (Phi) is 4.29. The standard InChI is InChI=1S/C13H17N5O2/c1-3-14-13(20)9(2)15-12(19)8-18-11-7-5-4-6-10(11)16-17-18/h4-7,9H,3,8H2,1-2H3,(H,14,20)(H,15,19)/t9-/m1/s1. The molecule has 1 aromatic heterocycles. The zero-order chi connectivity index (χ0) is 14.5. The molecule has 0 fully saturated rings. The zero-order valence-corrected chi connectivity index (χ0v) is 11.5. The second-order valence-corrected chi connectivity index (χ2v) is 4.42. The van der Waals surface area contributed by atoms with Crippen LogP contribution in [0.1, 0.15) is 13.8 Å². The summed E-state index contributed by atoms with van der Waals surface area (Å²) in [4.78, 5) is 23.4. The van der Waals surface area contributed by atoms with E-state index < -0.39 is 6.04 Å². The van der Waals surface area contributed by atoms with Crippen molar-refractivity contribution in [3.05, 3.63) is 24.3 Å². The van der Waals surface area contributed by atoms with Gasteiger partial charge in [0.1, 0.15) is 18.1 Å². The molecule has 20 heavy (non-hydrogen) atoms. The van der Waals surface area contributed by atoms with E-state index in [1.165, 1.54) is 4.68 Å². The molecule has 0 bridgehead atoms. The molecule has 2 amide bonds. The third-order valence-electron chi connectivity index (χ3n) is 2.84. The molecular weight excluding hydrogens is 258 g/mol. The Hall–Kier alpha value is -2.44. The Balaban J connectivity index is 1.99. The van der Waals surface area contributed by atoms with Gasteiger partial charge in [0, 0.05) is 6.54 Å². The molecule has 106 valence electrons. The minimum absolute atomic E-state index is 0.0320. The smallest absolute Gasteiger partial charge is 0.242 e. The van der Waals surface area contributed by atoms with Crippen molar-refractivity contribution in [2.24, 2.45) is 0 Å². The summed E-state index contributed by atoms with van der Waals surface area (Å²) in [5.41, 5.74) is 1.52. The predicted octanol–water partition coefficient (Wildman–Crippen LogP) is 0.0721. The van der Waals surface area contributed by atoms with Crippen molar-refractivity contribution < 1.29 is 9.59 Å². The van der Waals surface area contributed by atoms with Gasteiger partial charge in [-0.2, -0.15) is 0 Å². The van der Waals surface area contributed by atoms with Crippen LogP contribution in [0.4, 0.5) is 0 Å². The van der Waals surface area contributed by atoms with Gasteiger partial charge in [-0.15, -0.1) is 5.10 Å². The molecule has 0 aliphatic rings. The van der Waals surface area contributed by atoms with Crippen LogP contribution < -0.4 is 10.6 Å². The quantitative estimate of drug-likeness (QED) is 0.808. The second-order valence-electron chi connectivity index (χ2n) is 4.42. The first-order chi connectivity index (χ1) is 9.61. The van der Waals surface area contributed by atoms with E-state index in [0.717, 1.165) is 11.0 Å². The minimum Gasteiger partial charge on any atom is -0.355 e. The maximum atomic E-state index is 11.9. The largest absolute Gasteiger partial charge is 0.355 e. The van der Waals surface area contributed by atoms with Crippen LogP contribution in [0.25, 0.3) is 11.0 Å². The number of carbonyl (C=O) groups excluding carboxylic acids is 2. The lowest BCUT2D eigenvalue weighted by atomic mass is 10.3. The third-order valence-corrected chi connectivity index (χ3v) is 2.84. The van der Waals surface area contributed by atoms with Gasteiger partial charge < -0.3 is 10.6 Å². The van der Waals surface area contributed by atoms with Gasteiger partial charge in [0.05, 0.1) is 5.52 Å². The molecule has 1 heterocycles. The molecule has 1 atom stereocenters. The lowest BCUT2D eigenvalue weighted by Crippen LogP contribution is -2.45. The second kappa shape index (κ2) is 6.14. The number of amides is 2. The van der Waals surface area contributed by atoms with Gasteiger partial charge in [-0.3, -0.25) is 9.59 Å². The maximum Gasteiger partial charge on any atom is 0.242 e. The van der Waals surface area contributed by atoms with E-state index in [1.54, 1.807) is 6.92 Å². The summed E-state index contributed by atoms with van der Waals surface area (Å²) in [5.74, 6) is -0.483. The highest BCUT2D eigenvalue weighted by atomic mass is 16.2. The van der Waals surface area contributed by atoms with Gasteiger partial charge in [0.15, 0.2) is 0 Å². The molecule has 1 aromatic carbocycles. The van der Waals surface area contributed by atoms with Gasteiger partial charge in [-0.1, -0.05) is 17.3 Å². The summed E-state index contributed by atoms with van der Waals surface area (Å²) in [5, 5.41) is 13.2. The topological polar surface area (TPSA) is 88.9 Å². The highest BCUT2D eigenvalue weighted by molar-refractivity contribution is 5.87. The molecule has 0 saturated heterocycles. The first-order valence-corrected chi connectivity index (χ1v) is 6.47. The highest BCUT2D eigenvalue weighted by Gasteiger charge is 2.15. The molecule has 0 unspecified atom stereocenters. The molecule has 0 radical (unpaired) electrons. The third kappa shape index (κ3) is 3.11. The van der Waals surface area contributed by atoms with Gasteiger partial charge in [0.25, 0.3) is 0 Å². The molecule has 0 saturated carbocycles. The number of benzene rings is 1. The van der Waals surface area contributed by atoms with Crippen molar-refractivity contribution >= 4 is 22.8 Å². The van der Waals surface area contributed by atoms with Crippen molar-refractivity contribution in [2.75, 3.05) is 6.54 Å². The normalized spacial score (nSPS) is 12.1. The molecule has 2 rings (SSSR count). The lowest BCUT2D eigenvalue weighted by Gasteiger charge is -2.13. The Morgan fingerprint density at radius 3 is 2.85 bits per heavy atom. The number of hydrogen-bond acceptors (Lipinski definition) is 4. The van der Waals surface area contributed by atoms with Gasteiger partial charge in [-0.05, 0) is 26.0 Å². The molecule has 0 spiro atoms. The van der Waals surface area contributed by atoms with Crippen molar-refractivity contribution in [1.82, 2.24) is 25.6 Å². The Bertz CT molecular complexity index is 622. The SMILES string of the molecule is CCNC(=O)[C@@H](C)NC(=O)Cn1nnc2ccccc21. The molecular formula is C13H17N5O2. The Morgan fingerprint density at radius 1 is 1.35 bits per heavy atom. The van der Waals surface area contributed by atoms with Crippen LogP contribution in [0.3, 0.4) is 0 Å². The Morgan fingerprint density at radius 2 is 2.10 bits per heavy atom. The monoisotopic (exact) mass is 275 g/mol. The van der Waals surface area contributed by atoms with E-state index in [9.17, 15) is 9.59 Å². The summed E-state index contributed by atoms with van der Waals surface area (Å²) in [7, 11) is 0. The van der Waals surface area contributed by atoms with Gasteiger partial charge in [-0.25, -0.2) is 4.68 Å². The summed E-state index contributed by atoms with van der Waals surface area (Å²) in [6, 6.07) is 6.82. The number of rotatable bonds is 5. The molecule has 0 aliphatic carbocycles. The van der Waals surface area contributed by atoms with Crippen LogP contribution in [0.2, 0.25) is 0 Å². The number of likely N-dealkylation sites (N-methyl/N-ethyl adjacent to an activating group) is 1. The van der Waals surface area contributed by atoms with Crippen LogP contribution in [0.15, 0.2) is 24.3 Å². The molecule has 0 aliphatic heterocycles. The van der Waals surface area contributed by atoms with Crippen molar-refractivity contribution in [2.45, 2.75) is 26.4 Å². The van der Waals surface area contributed by atoms with Gasteiger partial charge >= 0.3 is 0 Å².